The van der Waals surface area contributed by atoms with Crippen molar-refractivity contribution in [1.82, 2.24) is 0 Å². The quantitative estimate of drug-likeness (QED) is 0.390. The third kappa shape index (κ3) is 7.83. The van der Waals surface area contributed by atoms with Gasteiger partial charge in [0.05, 0.1) is 19.4 Å². The van der Waals surface area contributed by atoms with Crippen molar-refractivity contribution >= 4 is 6.47 Å². The van der Waals surface area contributed by atoms with Gasteiger partial charge in [0.15, 0.2) is 0 Å². The van der Waals surface area contributed by atoms with Gasteiger partial charge in [0.1, 0.15) is 0 Å². The van der Waals surface area contributed by atoms with Gasteiger partial charge in [-0.3, -0.25) is 4.79 Å². The van der Waals surface area contributed by atoms with E-state index in [1.807, 2.05) is 0 Å². The molecule has 0 aromatic carbocycles. The fourth-order valence-corrected chi connectivity index (χ4v) is 1.17. The molecule has 0 radical (unpaired) electrons. The summed E-state index contributed by atoms with van der Waals surface area (Å²) in [5.41, 5.74) is 0. The first-order valence-electron chi connectivity index (χ1n) is 4.91. The zero-order valence-corrected chi connectivity index (χ0v) is 9.32. The van der Waals surface area contributed by atoms with E-state index >= 15 is 0 Å². The summed E-state index contributed by atoms with van der Waals surface area (Å²) in [6, 6.07) is 0. The Bertz CT molecular complexity index is 288. The molecule has 0 aliphatic rings. The van der Waals surface area contributed by atoms with Crippen LogP contribution < -0.4 is 0 Å². The molecule has 19 heavy (non-hydrogen) atoms. The second kappa shape index (κ2) is 6.38. The molecule has 0 rings (SSSR count). The van der Waals surface area contributed by atoms with Gasteiger partial charge in [0.2, 0.25) is 6.17 Å². The van der Waals surface area contributed by atoms with E-state index < -0.39 is 50.1 Å². The van der Waals surface area contributed by atoms with Crippen LogP contribution in [0.5, 0.6) is 0 Å². The Labute approximate surface area is 102 Å². The van der Waals surface area contributed by atoms with Crippen molar-refractivity contribution in [2.75, 3.05) is 6.61 Å². The molecule has 0 fully saturated rings. The number of carbonyl (C=O) groups is 1. The second-order valence-corrected chi connectivity index (χ2v) is 3.82. The molecule has 0 amide bonds. The summed E-state index contributed by atoms with van der Waals surface area (Å²) in [6.07, 6.45) is -15.3. The lowest BCUT2D eigenvalue weighted by atomic mass is 10.0. The van der Waals surface area contributed by atoms with Crippen LogP contribution in [-0.2, 0) is 9.53 Å². The Morgan fingerprint density at radius 1 is 1.00 bits per heavy atom. The largest absolute Gasteiger partial charge is 0.468 e. The summed E-state index contributed by atoms with van der Waals surface area (Å²) in [7, 11) is 0. The monoisotopic (exact) mass is 302 g/mol. The fraction of sp³-hybridized carbons (Fsp3) is 0.889. The van der Waals surface area contributed by atoms with Crippen LogP contribution in [0.2, 0.25) is 0 Å². The van der Waals surface area contributed by atoms with Crippen molar-refractivity contribution in [3.63, 3.8) is 0 Å². The highest BCUT2D eigenvalue weighted by Gasteiger charge is 2.50. The van der Waals surface area contributed by atoms with Gasteiger partial charge in [-0.05, 0) is 0 Å². The van der Waals surface area contributed by atoms with Gasteiger partial charge >= 0.3 is 6.18 Å². The first-order valence-corrected chi connectivity index (χ1v) is 4.91. The number of ether oxygens (including phenoxy) is 1. The fourth-order valence-electron chi connectivity index (χ4n) is 1.17. The number of halogens is 8. The van der Waals surface area contributed by atoms with E-state index in [0.29, 0.717) is 0 Å². The summed E-state index contributed by atoms with van der Waals surface area (Å²) >= 11 is 0. The maximum atomic E-state index is 12.9. The van der Waals surface area contributed by atoms with E-state index in [1.54, 1.807) is 0 Å². The van der Waals surface area contributed by atoms with E-state index in [-0.39, 0.29) is 6.47 Å². The van der Waals surface area contributed by atoms with Gasteiger partial charge in [0, 0.05) is 6.42 Å². The van der Waals surface area contributed by atoms with Crippen LogP contribution in [0.4, 0.5) is 35.1 Å². The average Bonchev–Trinajstić information content (AvgIpc) is 2.13. The van der Waals surface area contributed by atoms with E-state index in [0.717, 1.165) is 0 Å². The molecule has 1 atom stereocenters. The molecule has 10 heteroatoms. The van der Waals surface area contributed by atoms with E-state index in [4.69, 9.17) is 0 Å². The molecular weight excluding hydrogens is 292 g/mol. The van der Waals surface area contributed by atoms with Gasteiger partial charge in [-0.1, -0.05) is 0 Å². The number of hydrogen-bond donors (Lipinski definition) is 0. The van der Waals surface area contributed by atoms with Crippen molar-refractivity contribution < 1.29 is 44.7 Å². The van der Waals surface area contributed by atoms with Crippen LogP contribution in [0, 0.1) is 0 Å². The normalized spacial score (nSPS) is 15.2. The lowest BCUT2D eigenvalue weighted by Crippen LogP contribution is -2.36. The van der Waals surface area contributed by atoms with Crippen LogP contribution in [0.1, 0.15) is 19.3 Å². The van der Waals surface area contributed by atoms with Crippen molar-refractivity contribution in [2.45, 2.75) is 43.5 Å². The van der Waals surface area contributed by atoms with Crippen LogP contribution in [-0.4, -0.2) is 37.3 Å². The molecule has 114 valence electrons. The minimum absolute atomic E-state index is 0.185. The maximum Gasteiger partial charge on any atom is 0.419 e. The van der Waals surface area contributed by atoms with Crippen molar-refractivity contribution in [3.8, 4) is 0 Å². The van der Waals surface area contributed by atoms with Gasteiger partial charge in [0.25, 0.3) is 18.3 Å². The van der Waals surface area contributed by atoms with Crippen LogP contribution >= 0.6 is 0 Å². The first-order chi connectivity index (χ1) is 8.40. The van der Waals surface area contributed by atoms with E-state index in [1.165, 1.54) is 0 Å². The molecule has 1 unspecified atom stereocenters. The van der Waals surface area contributed by atoms with Crippen LogP contribution in [0.3, 0.4) is 0 Å². The number of hydrogen-bond acceptors (Lipinski definition) is 2. The first kappa shape index (κ1) is 17.9. The highest BCUT2D eigenvalue weighted by molar-refractivity contribution is 5.36. The highest BCUT2D eigenvalue weighted by atomic mass is 19.4. The van der Waals surface area contributed by atoms with Gasteiger partial charge in [-0.25, -0.2) is 22.0 Å². The highest BCUT2D eigenvalue weighted by Crippen LogP contribution is 2.39. The number of alkyl halides is 8. The van der Waals surface area contributed by atoms with E-state index in [9.17, 15) is 39.9 Å². The van der Waals surface area contributed by atoms with Crippen LogP contribution in [0.15, 0.2) is 0 Å². The summed E-state index contributed by atoms with van der Waals surface area (Å²) in [4.78, 5) is 9.64. The zero-order valence-electron chi connectivity index (χ0n) is 9.32. The van der Waals surface area contributed by atoms with Gasteiger partial charge in [-0.15, -0.1) is 0 Å². The predicted molar refractivity (Wildman–Crippen MR) is 46.7 cm³/mol. The SMILES string of the molecule is O=COCCC(F)(F)CC(F)(F)CC(F)C(F)(F)F. The molecule has 0 bridgehead atoms. The lowest BCUT2D eigenvalue weighted by Gasteiger charge is -2.24. The summed E-state index contributed by atoms with van der Waals surface area (Å²) in [5, 5.41) is 0. The molecule has 0 aliphatic heterocycles. The minimum Gasteiger partial charge on any atom is -0.468 e. The van der Waals surface area contributed by atoms with Gasteiger partial charge < -0.3 is 4.74 Å². The smallest absolute Gasteiger partial charge is 0.419 e. The second-order valence-electron chi connectivity index (χ2n) is 3.82. The third-order valence-corrected chi connectivity index (χ3v) is 2.00. The molecule has 0 aromatic rings. The lowest BCUT2D eigenvalue weighted by molar-refractivity contribution is -0.208. The van der Waals surface area contributed by atoms with Gasteiger partial charge in [-0.2, -0.15) is 13.2 Å². The summed E-state index contributed by atoms with van der Waals surface area (Å²) < 4.78 is 103. The molecule has 0 spiro atoms. The molecule has 0 heterocycles. The topological polar surface area (TPSA) is 26.3 Å². The number of carbonyl (C=O) groups excluding carboxylic acids is 1. The Hall–Kier alpha value is -1.09. The minimum atomic E-state index is -5.53. The summed E-state index contributed by atoms with van der Waals surface area (Å²) in [5.74, 6) is -8.60. The van der Waals surface area contributed by atoms with Crippen molar-refractivity contribution in [3.05, 3.63) is 0 Å². The zero-order chi connectivity index (χ0) is 15.3. The molecule has 0 aliphatic carbocycles. The van der Waals surface area contributed by atoms with Crippen molar-refractivity contribution in [1.29, 1.82) is 0 Å². The number of rotatable bonds is 8. The molecule has 0 aromatic heterocycles. The molecule has 0 saturated heterocycles. The van der Waals surface area contributed by atoms with Crippen LogP contribution in [0.25, 0.3) is 0 Å². The Morgan fingerprint density at radius 3 is 1.95 bits per heavy atom. The third-order valence-electron chi connectivity index (χ3n) is 2.00. The standard InChI is InChI=1S/C9H10F8O2/c10-6(9(15,16)17)3-8(13,14)4-7(11,12)1-2-19-5-18/h5-6H,1-4H2. The maximum absolute atomic E-state index is 12.9. The average molecular weight is 302 g/mol. The summed E-state index contributed by atoms with van der Waals surface area (Å²) in [6.45, 7) is -1.06. The van der Waals surface area contributed by atoms with E-state index in [2.05, 4.69) is 4.74 Å². The predicted octanol–water partition coefficient (Wildman–Crippen LogP) is 3.50. The van der Waals surface area contributed by atoms with Crippen molar-refractivity contribution in [2.24, 2.45) is 0 Å². The molecular formula is C9H10F8O2. The molecule has 0 saturated carbocycles. The Morgan fingerprint density at radius 2 is 1.53 bits per heavy atom. The Balaban J connectivity index is 4.45. The Kier molecular flexibility index (Phi) is 6.01. The molecule has 2 nitrogen and oxygen atoms in total. The molecule has 0 N–H and O–H groups in total.